The van der Waals surface area contributed by atoms with Gasteiger partial charge in [-0.25, -0.2) is 0 Å². The topological polar surface area (TPSA) is 71.1 Å². The van der Waals surface area contributed by atoms with Gasteiger partial charge >= 0.3 is 0 Å². The lowest BCUT2D eigenvalue weighted by Crippen LogP contribution is -2.56. The Hall–Kier alpha value is -2.28. The summed E-state index contributed by atoms with van der Waals surface area (Å²) in [5.74, 6) is 1.34. The minimum atomic E-state index is -0.426. The minimum absolute atomic E-state index is 0.0655. The van der Waals surface area contributed by atoms with Crippen molar-refractivity contribution in [2.45, 2.75) is 31.8 Å². The maximum atomic E-state index is 12.5. The lowest BCUT2D eigenvalue weighted by Gasteiger charge is -2.35. The normalized spacial score (nSPS) is 20.8. The Morgan fingerprint density at radius 2 is 1.88 bits per heavy atom. The summed E-state index contributed by atoms with van der Waals surface area (Å²) in [4.78, 5) is 28.9. The van der Waals surface area contributed by atoms with Gasteiger partial charge in [0.05, 0.1) is 26.7 Å². The average molecular weight is 361 g/mol. The van der Waals surface area contributed by atoms with Crippen molar-refractivity contribution in [2.24, 2.45) is 0 Å². The third-order valence-electron chi connectivity index (χ3n) is 5.10. The van der Waals surface area contributed by atoms with E-state index in [1.807, 2.05) is 23.1 Å². The molecule has 1 aromatic carbocycles. The molecule has 142 valence electrons. The molecule has 3 rings (SSSR count). The number of carbonyl (C=O) groups excluding carboxylic acids is 2. The molecule has 26 heavy (non-hydrogen) atoms. The molecule has 2 aliphatic heterocycles. The lowest BCUT2D eigenvalue weighted by atomic mass is 10.1. The van der Waals surface area contributed by atoms with Crippen LogP contribution in [0.2, 0.25) is 0 Å². The Kier molecular flexibility index (Phi) is 5.98. The third kappa shape index (κ3) is 4.09. The number of nitrogens with one attached hydrogen (secondary N) is 1. The summed E-state index contributed by atoms with van der Waals surface area (Å²) < 4.78 is 10.6. The van der Waals surface area contributed by atoms with Crippen LogP contribution in [-0.4, -0.2) is 68.1 Å². The number of nitrogens with zero attached hydrogens (tertiary/aromatic N) is 2. The molecule has 2 heterocycles. The number of benzene rings is 1. The van der Waals surface area contributed by atoms with Gasteiger partial charge in [-0.05, 0) is 30.5 Å². The number of methoxy groups -OCH3 is 2. The molecule has 7 nitrogen and oxygen atoms in total. The van der Waals surface area contributed by atoms with E-state index < -0.39 is 6.04 Å². The van der Waals surface area contributed by atoms with E-state index >= 15 is 0 Å². The SMILES string of the molecule is COc1ccc(CN2CCNC(=O)C2CC(=O)N2CCCC2)cc1OC. The van der Waals surface area contributed by atoms with E-state index in [9.17, 15) is 9.59 Å². The quantitative estimate of drug-likeness (QED) is 0.819. The van der Waals surface area contributed by atoms with Gasteiger partial charge in [0, 0.05) is 32.7 Å². The summed E-state index contributed by atoms with van der Waals surface area (Å²) in [6, 6.07) is 5.32. The number of ether oxygens (including phenoxy) is 2. The van der Waals surface area contributed by atoms with Crippen LogP contribution in [0.5, 0.6) is 11.5 Å². The summed E-state index contributed by atoms with van der Waals surface area (Å²) in [7, 11) is 3.21. The van der Waals surface area contributed by atoms with Crippen molar-refractivity contribution in [3.05, 3.63) is 23.8 Å². The van der Waals surface area contributed by atoms with Crippen LogP contribution in [0.1, 0.15) is 24.8 Å². The maximum Gasteiger partial charge on any atom is 0.237 e. The standard InChI is InChI=1S/C19H27N3O4/c1-25-16-6-5-14(11-17(16)26-2)13-22-10-7-20-19(24)15(22)12-18(23)21-8-3-4-9-21/h5-6,11,15H,3-4,7-10,12-13H2,1-2H3,(H,20,24). The predicted molar refractivity (Wildman–Crippen MR) is 97.2 cm³/mol. The summed E-state index contributed by atoms with van der Waals surface area (Å²) in [6.45, 7) is 3.52. The molecule has 1 aromatic rings. The highest BCUT2D eigenvalue weighted by atomic mass is 16.5. The number of likely N-dealkylation sites (tertiary alicyclic amines) is 1. The van der Waals surface area contributed by atoms with E-state index in [1.54, 1.807) is 14.2 Å². The number of hydrogen-bond acceptors (Lipinski definition) is 5. The van der Waals surface area contributed by atoms with Crippen molar-refractivity contribution >= 4 is 11.8 Å². The number of piperazine rings is 1. The molecule has 2 saturated heterocycles. The lowest BCUT2D eigenvalue weighted by molar-refractivity contribution is -0.138. The van der Waals surface area contributed by atoms with Crippen LogP contribution in [0.25, 0.3) is 0 Å². The van der Waals surface area contributed by atoms with Crippen molar-refractivity contribution in [1.82, 2.24) is 15.1 Å². The first-order valence-corrected chi connectivity index (χ1v) is 9.13. The Morgan fingerprint density at radius 1 is 1.15 bits per heavy atom. The maximum absolute atomic E-state index is 12.5. The second-order valence-electron chi connectivity index (χ2n) is 6.76. The molecule has 2 aliphatic rings. The van der Waals surface area contributed by atoms with E-state index in [0.29, 0.717) is 24.6 Å². The van der Waals surface area contributed by atoms with Crippen LogP contribution >= 0.6 is 0 Å². The summed E-state index contributed by atoms with van der Waals surface area (Å²) in [5.41, 5.74) is 1.02. The monoisotopic (exact) mass is 361 g/mol. The molecule has 0 saturated carbocycles. The van der Waals surface area contributed by atoms with Crippen LogP contribution < -0.4 is 14.8 Å². The van der Waals surface area contributed by atoms with Crippen LogP contribution in [0.4, 0.5) is 0 Å². The summed E-state index contributed by atoms with van der Waals surface area (Å²) >= 11 is 0. The van der Waals surface area contributed by atoms with Gasteiger partial charge in [0.25, 0.3) is 0 Å². The molecule has 0 radical (unpaired) electrons. The Morgan fingerprint density at radius 3 is 2.58 bits per heavy atom. The molecule has 7 heteroatoms. The van der Waals surface area contributed by atoms with E-state index in [4.69, 9.17) is 9.47 Å². The van der Waals surface area contributed by atoms with Crippen LogP contribution in [-0.2, 0) is 16.1 Å². The van der Waals surface area contributed by atoms with Crippen LogP contribution in [0.3, 0.4) is 0 Å². The Bertz CT molecular complexity index is 658. The van der Waals surface area contributed by atoms with E-state index in [2.05, 4.69) is 10.2 Å². The molecule has 0 spiro atoms. The van der Waals surface area contributed by atoms with Gasteiger partial charge in [-0.15, -0.1) is 0 Å². The van der Waals surface area contributed by atoms with E-state index in [0.717, 1.165) is 38.0 Å². The number of amides is 2. The average Bonchev–Trinajstić information content (AvgIpc) is 3.19. The molecule has 1 unspecified atom stereocenters. The fourth-order valence-corrected chi connectivity index (χ4v) is 3.65. The highest BCUT2D eigenvalue weighted by molar-refractivity contribution is 5.89. The van der Waals surface area contributed by atoms with Crippen molar-refractivity contribution in [3.8, 4) is 11.5 Å². The molecule has 1 atom stereocenters. The van der Waals surface area contributed by atoms with Gasteiger partial charge in [-0.3, -0.25) is 14.5 Å². The Labute approximate surface area is 154 Å². The number of carbonyl (C=O) groups is 2. The minimum Gasteiger partial charge on any atom is -0.493 e. The molecular formula is C19H27N3O4. The van der Waals surface area contributed by atoms with E-state index in [1.165, 1.54) is 0 Å². The van der Waals surface area contributed by atoms with Crippen LogP contribution in [0.15, 0.2) is 18.2 Å². The van der Waals surface area contributed by atoms with Crippen molar-refractivity contribution in [3.63, 3.8) is 0 Å². The molecule has 0 aromatic heterocycles. The molecular weight excluding hydrogens is 334 g/mol. The van der Waals surface area contributed by atoms with Gasteiger partial charge in [0.1, 0.15) is 0 Å². The second-order valence-corrected chi connectivity index (χ2v) is 6.76. The molecule has 2 fully saturated rings. The van der Waals surface area contributed by atoms with Gasteiger partial charge in [0.15, 0.2) is 11.5 Å². The zero-order valence-corrected chi connectivity index (χ0v) is 15.5. The van der Waals surface area contributed by atoms with E-state index in [-0.39, 0.29) is 18.2 Å². The molecule has 2 amide bonds. The Balaban J connectivity index is 1.71. The first-order chi connectivity index (χ1) is 12.6. The van der Waals surface area contributed by atoms with Gasteiger partial charge in [-0.1, -0.05) is 6.07 Å². The molecule has 0 bridgehead atoms. The van der Waals surface area contributed by atoms with Crippen molar-refractivity contribution in [1.29, 1.82) is 0 Å². The zero-order chi connectivity index (χ0) is 18.5. The second kappa shape index (κ2) is 8.40. The largest absolute Gasteiger partial charge is 0.493 e. The van der Waals surface area contributed by atoms with Gasteiger partial charge in [0.2, 0.25) is 11.8 Å². The van der Waals surface area contributed by atoms with Gasteiger partial charge < -0.3 is 19.7 Å². The number of rotatable bonds is 6. The fourth-order valence-electron chi connectivity index (χ4n) is 3.65. The highest BCUT2D eigenvalue weighted by Crippen LogP contribution is 2.28. The van der Waals surface area contributed by atoms with Crippen molar-refractivity contribution < 1.29 is 19.1 Å². The smallest absolute Gasteiger partial charge is 0.237 e. The third-order valence-corrected chi connectivity index (χ3v) is 5.10. The highest BCUT2D eigenvalue weighted by Gasteiger charge is 2.33. The summed E-state index contributed by atoms with van der Waals surface area (Å²) in [5, 5.41) is 2.89. The van der Waals surface area contributed by atoms with Crippen molar-refractivity contribution in [2.75, 3.05) is 40.4 Å². The first kappa shape index (κ1) is 18.5. The predicted octanol–water partition coefficient (Wildman–Crippen LogP) is 1.02. The summed E-state index contributed by atoms with van der Waals surface area (Å²) in [6.07, 6.45) is 2.34. The van der Waals surface area contributed by atoms with Crippen LogP contribution in [0, 0.1) is 0 Å². The molecule has 0 aliphatic carbocycles. The number of hydrogen-bond donors (Lipinski definition) is 1. The molecule has 1 N–H and O–H groups in total. The van der Waals surface area contributed by atoms with Gasteiger partial charge in [-0.2, -0.15) is 0 Å². The first-order valence-electron chi connectivity index (χ1n) is 9.13. The zero-order valence-electron chi connectivity index (χ0n) is 15.5. The fraction of sp³-hybridized carbons (Fsp3) is 0.579.